The molecule has 0 aliphatic carbocycles. The van der Waals surface area contributed by atoms with Crippen LogP contribution in [0.15, 0.2) is 30.3 Å². The highest BCUT2D eigenvalue weighted by molar-refractivity contribution is 6.40. The molecule has 1 aliphatic heterocycles. The van der Waals surface area contributed by atoms with Gasteiger partial charge >= 0.3 is 5.97 Å². The predicted octanol–water partition coefficient (Wildman–Crippen LogP) is 0.745. The second kappa shape index (κ2) is 7.01. The SMILES string of the molecule is O=C(OCCN1CCOCC1)C(=O)c1ccccc1. The summed E-state index contributed by atoms with van der Waals surface area (Å²) < 4.78 is 10.2. The van der Waals surface area contributed by atoms with Gasteiger partial charge in [-0.05, 0) is 0 Å². The van der Waals surface area contributed by atoms with Crippen molar-refractivity contribution in [1.29, 1.82) is 0 Å². The lowest BCUT2D eigenvalue weighted by Gasteiger charge is -2.26. The Morgan fingerprint density at radius 2 is 1.84 bits per heavy atom. The fourth-order valence-corrected chi connectivity index (χ4v) is 1.87. The Labute approximate surface area is 112 Å². The number of rotatable bonds is 5. The van der Waals surface area contributed by atoms with E-state index in [0.717, 1.165) is 13.1 Å². The monoisotopic (exact) mass is 263 g/mol. The van der Waals surface area contributed by atoms with Gasteiger partial charge in [0.25, 0.3) is 5.78 Å². The van der Waals surface area contributed by atoms with E-state index >= 15 is 0 Å². The molecule has 1 aliphatic rings. The number of hydrogen-bond donors (Lipinski definition) is 0. The number of nitrogens with zero attached hydrogens (tertiary/aromatic N) is 1. The smallest absolute Gasteiger partial charge is 0.379 e. The standard InChI is InChI=1S/C14H17NO4/c16-13(12-4-2-1-3-5-12)14(17)19-11-8-15-6-9-18-10-7-15/h1-5H,6-11H2. The summed E-state index contributed by atoms with van der Waals surface area (Å²) in [4.78, 5) is 25.4. The summed E-state index contributed by atoms with van der Waals surface area (Å²) in [6.07, 6.45) is 0. The maximum absolute atomic E-state index is 11.7. The van der Waals surface area contributed by atoms with Crippen molar-refractivity contribution in [3.05, 3.63) is 35.9 Å². The van der Waals surface area contributed by atoms with Gasteiger partial charge in [-0.15, -0.1) is 0 Å². The van der Waals surface area contributed by atoms with Crippen molar-refractivity contribution < 1.29 is 19.1 Å². The lowest BCUT2D eigenvalue weighted by Crippen LogP contribution is -2.38. The van der Waals surface area contributed by atoms with Gasteiger partial charge in [0, 0.05) is 25.2 Å². The summed E-state index contributed by atoms with van der Waals surface area (Å²) >= 11 is 0. The molecule has 0 bridgehead atoms. The maximum atomic E-state index is 11.7. The van der Waals surface area contributed by atoms with Gasteiger partial charge in [0.15, 0.2) is 0 Å². The molecule has 1 fully saturated rings. The average Bonchev–Trinajstić information content (AvgIpc) is 2.48. The summed E-state index contributed by atoms with van der Waals surface area (Å²) in [5, 5.41) is 0. The molecule has 0 saturated carbocycles. The van der Waals surface area contributed by atoms with Crippen LogP contribution in [0.3, 0.4) is 0 Å². The van der Waals surface area contributed by atoms with Crippen molar-refractivity contribution in [2.24, 2.45) is 0 Å². The molecule has 0 radical (unpaired) electrons. The Morgan fingerprint density at radius 1 is 1.16 bits per heavy atom. The van der Waals surface area contributed by atoms with Crippen molar-refractivity contribution in [2.75, 3.05) is 39.5 Å². The van der Waals surface area contributed by atoms with Crippen LogP contribution in [0.1, 0.15) is 10.4 Å². The molecule has 0 aromatic heterocycles. The van der Waals surface area contributed by atoms with Gasteiger partial charge in [-0.25, -0.2) is 4.79 Å². The molecule has 1 aromatic carbocycles. The van der Waals surface area contributed by atoms with Gasteiger partial charge in [0.1, 0.15) is 6.61 Å². The lowest BCUT2D eigenvalue weighted by atomic mass is 10.1. The molecule has 0 unspecified atom stereocenters. The van der Waals surface area contributed by atoms with Crippen LogP contribution in [-0.4, -0.2) is 56.1 Å². The number of hydrogen-bond acceptors (Lipinski definition) is 5. The van der Waals surface area contributed by atoms with E-state index in [9.17, 15) is 9.59 Å². The van der Waals surface area contributed by atoms with Crippen LogP contribution in [0.2, 0.25) is 0 Å². The summed E-state index contributed by atoms with van der Waals surface area (Å²) in [7, 11) is 0. The molecule has 0 spiro atoms. The highest BCUT2D eigenvalue weighted by Gasteiger charge is 2.18. The molecule has 1 aromatic rings. The Hall–Kier alpha value is -1.72. The lowest BCUT2D eigenvalue weighted by molar-refractivity contribution is -0.138. The van der Waals surface area contributed by atoms with E-state index in [4.69, 9.17) is 9.47 Å². The summed E-state index contributed by atoms with van der Waals surface area (Å²) in [5.41, 5.74) is 0.360. The van der Waals surface area contributed by atoms with Gasteiger partial charge in [-0.3, -0.25) is 9.69 Å². The zero-order valence-electron chi connectivity index (χ0n) is 10.7. The predicted molar refractivity (Wildman–Crippen MR) is 69.0 cm³/mol. The molecule has 2 rings (SSSR count). The van der Waals surface area contributed by atoms with Crippen LogP contribution < -0.4 is 0 Å². The van der Waals surface area contributed by atoms with E-state index in [-0.39, 0.29) is 6.61 Å². The van der Waals surface area contributed by atoms with E-state index in [2.05, 4.69) is 4.90 Å². The topological polar surface area (TPSA) is 55.8 Å². The first-order valence-electron chi connectivity index (χ1n) is 6.34. The number of ketones is 1. The molecule has 0 amide bonds. The van der Waals surface area contributed by atoms with Crippen LogP contribution in [0.5, 0.6) is 0 Å². The minimum Gasteiger partial charge on any atom is -0.458 e. The number of carbonyl (C=O) groups excluding carboxylic acids is 2. The number of morpholine rings is 1. The van der Waals surface area contributed by atoms with Gasteiger partial charge in [0.2, 0.25) is 0 Å². The summed E-state index contributed by atoms with van der Waals surface area (Å²) in [5.74, 6) is -1.39. The number of esters is 1. The van der Waals surface area contributed by atoms with E-state index in [1.54, 1.807) is 30.3 Å². The van der Waals surface area contributed by atoms with Gasteiger partial charge in [-0.1, -0.05) is 30.3 Å². The second-order valence-electron chi connectivity index (χ2n) is 4.29. The van der Waals surface area contributed by atoms with Gasteiger partial charge in [0.05, 0.1) is 13.2 Å². The molecule has 1 heterocycles. The molecule has 102 valence electrons. The first kappa shape index (κ1) is 13.7. The van der Waals surface area contributed by atoms with Gasteiger partial charge in [-0.2, -0.15) is 0 Å². The number of benzene rings is 1. The summed E-state index contributed by atoms with van der Waals surface area (Å²) in [6.45, 7) is 3.96. The average molecular weight is 263 g/mol. The van der Waals surface area contributed by atoms with E-state index in [1.807, 2.05) is 0 Å². The van der Waals surface area contributed by atoms with Crippen molar-refractivity contribution in [2.45, 2.75) is 0 Å². The van der Waals surface area contributed by atoms with Crippen LogP contribution in [0, 0.1) is 0 Å². The number of ether oxygens (including phenoxy) is 2. The zero-order chi connectivity index (χ0) is 13.5. The highest BCUT2D eigenvalue weighted by Crippen LogP contribution is 2.02. The van der Waals surface area contributed by atoms with Crippen molar-refractivity contribution >= 4 is 11.8 Å². The number of carbonyl (C=O) groups is 2. The van der Waals surface area contributed by atoms with Crippen molar-refractivity contribution in [3.8, 4) is 0 Å². The Balaban J connectivity index is 1.73. The van der Waals surface area contributed by atoms with Crippen molar-refractivity contribution in [3.63, 3.8) is 0 Å². The molecule has 1 saturated heterocycles. The molecular weight excluding hydrogens is 246 g/mol. The fraction of sp³-hybridized carbons (Fsp3) is 0.429. The first-order chi connectivity index (χ1) is 9.27. The van der Waals surface area contributed by atoms with Crippen LogP contribution in [0.25, 0.3) is 0 Å². The maximum Gasteiger partial charge on any atom is 0.379 e. The number of Topliss-reactive ketones (excluding diaryl/α,β-unsaturated/α-hetero) is 1. The van der Waals surface area contributed by atoms with E-state index < -0.39 is 11.8 Å². The van der Waals surface area contributed by atoms with E-state index in [0.29, 0.717) is 25.3 Å². The molecule has 5 heteroatoms. The molecule has 19 heavy (non-hydrogen) atoms. The Morgan fingerprint density at radius 3 is 2.53 bits per heavy atom. The molecular formula is C14H17NO4. The largest absolute Gasteiger partial charge is 0.458 e. The molecule has 0 N–H and O–H groups in total. The fourth-order valence-electron chi connectivity index (χ4n) is 1.87. The minimum atomic E-state index is -0.792. The summed E-state index contributed by atoms with van der Waals surface area (Å²) in [6, 6.07) is 8.43. The van der Waals surface area contributed by atoms with Crippen LogP contribution in [-0.2, 0) is 14.3 Å². The van der Waals surface area contributed by atoms with Crippen molar-refractivity contribution in [1.82, 2.24) is 4.90 Å². The van der Waals surface area contributed by atoms with E-state index in [1.165, 1.54) is 0 Å². The molecule has 5 nitrogen and oxygen atoms in total. The minimum absolute atomic E-state index is 0.234. The third-order valence-electron chi connectivity index (χ3n) is 2.97. The third-order valence-corrected chi connectivity index (χ3v) is 2.97. The Kier molecular flexibility index (Phi) is 5.06. The van der Waals surface area contributed by atoms with Crippen LogP contribution in [0.4, 0.5) is 0 Å². The first-order valence-corrected chi connectivity index (χ1v) is 6.34. The molecule has 0 atom stereocenters. The Bertz CT molecular complexity index is 426. The normalized spacial score (nSPS) is 16.0. The quantitative estimate of drug-likeness (QED) is 0.445. The second-order valence-corrected chi connectivity index (χ2v) is 4.29. The van der Waals surface area contributed by atoms with Crippen LogP contribution >= 0.6 is 0 Å². The third kappa shape index (κ3) is 4.15. The van der Waals surface area contributed by atoms with Gasteiger partial charge < -0.3 is 9.47 Å². The highest BCUT2D eigenvalue weighted by atomic mass is 16.5. The zero-order valence-corrected chi connectivity index (χ0v) is 10.7.